The molecule has 0 saturated carbocycles. The van der Waals surface area contributed by atoms with Crippen molar-refractivity contribution >= 4 is 21.6 Å². The summed E-state index contributed by atoms with van der Waals surface area (Å²) in [5.41, 5.74) is 2.87. The van der Waals surface area contributed by atoms with E-state index in [2.05, 4.69) is 44.3 Å². The maximum atomic E-state index is 3.77. The first-order valence-electron chi connectivity index (χ1n) is 7.57. The van der Waals surface area contributed by atoms with Gasteiger partial charge in [0.15, 0.2) is 0 Å². The second-order valence-corrected chi connectivity index (χ2v) is 6.73. The van der Waals surface area contributed by atoms with Gasteiger partial charge in [0.05, 0.1) is 5.69 Å². The van der Waals surface area contributed by atoms with E-state index < -0.39 is 0 Å². The first-order valence-corrected chi connectivity index (χ1v) is 8.36. The van der Waals surface area contributed by atoms with Crippen LogP contribution in [0, 0.1) is 5.92 Å². The van der Waals surface area contributed by atoms with Gasteiger partial charge >= 0.3 is 0 Å². The lowest BCUT2D eigenvalue weighted by atomic mass is 9.91. The molecular formula is C16H23BrN2. The van der Waals surface area contributed by atoms with Crippen molar-refractivity contribution in [1.82, 2.24) is 5.32 Å². The Bertz CT molecular complexity index is 421. The van der Waals surface area contributed by atoms with Crippen LogP contribution in [0.25, 0.3) is 0 Å². The van der Waals surface area contributed by atoms with Crippen LogP contribution in [0.15, 0.2) is 22.7 Å². The van der Waals surface area contributed by atoms with E-state index >= 15 is 0 Å². The molecule has 1 N–H and O–H groups in total. The highest BCUT2D eigenvalue weighted by Crippen LogP contribution is 2.31. The zero-order chi connectivity index (χ0) is 13.1. The van der Waals surface area contributed by atoms with Gasteiger partial charge in [-0.2, -0.15) is 0 Å². The Morgan fingerprint density at radius 2 is 1.89 bits per heavy atom. The summed E-state index contributed by atoms with van der Waals surface area (Å²) in [6.07, 6.45) is 6.56. The first kappa shape index (κ1) is 13.4. The molecule has 0 radical (unpaired) electrons. The molecule has 2 fully saturated rings. The zero-order valence-corrected chi connectivity index (χ0v) is 13.1. The molecule has 0 unspecified atom stereocenters. The van der Waals surface area contributed by atoms with Crippen molar-refractivity contribution in [1.29, 1.82) is 0 Å². The number of benzene rings is 1. The third-order valence-electron chi connectivity index (χ3n) is 4.44. The molecule has 3 heteroatoms. The fraction of sp³-hybridized carbons (Fsp3) is 0.625. The Labute approximate surface area is 124 Å². The highest BCUT2D eigenvalue weighted by molar-refractivity contribution is 9.10. The molecule has 3 rings (SSSR count). The topological polar surface area (TPSA) is 15.3 Å². The number of anilines is 1. The Balaban J connectivity index is 1.67. The van der Waals surface area contributed by atoms with Crippen LogP contribution in [0.3, 0.4) is 0 Å². The fourth-order valence-electron chi connectivity index (χ4n) is 3.31. The Hall–Kier alpha value is -0.540. The lowest BCUT2D eigenvalue weighted by Crippen LogP contribution is -2.28. The van der Waals surface area contributed by atoms with Crippen LogP contribution in [-0.2, 0) is 6.42 Å². The van der Waals surface area contributed by atoms with E-state index in [1.807, 2.05) is 0 Å². The number of piperidine rings is 1. The van der Waals surface area contributed by atoms with Gasteiger partial charge in [-0.1, -0.05) is 6.07 Å². The van der Waals surface area contributed by atoms with E-state index in [1.54, 1.807) is 0 Å². The Morgan fingerprint density at radius 3 is 2.58 bits per heavy atom. The molecule has 0 aliphatic carbocycles. The molecule has 0 aromatic heterocycles. The Morgan fingerprint density at radius 1 is 1.16 bits per heavy atom. The van der Waals surface area contributed by atoms with Gasteiger partial charge in [-0.15, -0.1) is 0 Å². The summed E-state index contributed by atoms with van der Waals surface area (Å²) >= 11 is 3.77. The summed E-state index contributed by atoms with van der Waals surface area (Å²) in [4.78, 5) is 2.50. The van der Waals surface area contributed by atoms with Crippen molar-refractivity contribution in [2.24, 2.45) is 5.92 Å². The molecular weight excluding hydrogens is 300 g/mol. The van der Waals surface area contributed by atoms with Crippen LogP contribution in [0.2, 0.25) is 0 Å². The number of halogens is 1. The average Bonchev–Trinajstić information content (AvgIpc) is 2.94. The number of rotatable bonds is 3. The van der Waals surface area contributed by atoms with Crippen molar-refractivity contribution in [2.45, 2.75) is 32.1 Å². The van der Waals surface area contributed by atoms with Crippen molar-refractivity contribution in [3.05, 3.63) is 28.2 Å². The van der Waals surface area contributed by atoms with Crippen molar-refractivity contribution < 1.29 is 0 Å². The molecule has 0 spiro atoms. The van der Waals surface area contributed by atoms with E-state index in [0.29, 0.717) is 0 Å². The highest BCUT2D eigenvalue weighted by Gasteiger charge is 2.17. The molecule has 0 atom stereocenters. The third kappa shape index (κ3) is 3.32. The van der Waals surface area contributed by atoms with Gasteiger partial charge in [-0.05, 0) is 84.7 Å². The van der Waals surface area contributed by atoms with E-state index in [1.165, 1.54) is 74.0 Å². The lowest BCUT2D eigenvalue weighted by molar-refractivity contribution is 0.372. The maximum absolute atomic E-state index is 3.77. The molecule has 2 heterocycles. The number of hydrogen-bond acceptors (Lipinski definition) is 2. The van der Waals surface area contributed by atoms with Crippen LogP contribution < -0.4 is 10.2 Å². The lowest BCUT2D eigenvalue weighted by Gasteiger charge is -2.24. The van der Waals surface area contributed by atoms with Crippen LogP contribution in [0.5, 0.6) is 0 Å². The fourth-order valence-corrected chi connectivity index (χ4v) is 3.99. The summed E-state index contributed by atoms with van der Waals surface area (Å²) in [5, 5.41) is 3.44. The molecule has 1 aromatic rings. The van der Waals surface area contributed by atoms with E-state index in [9.17, 15) is 0 Å². The van der Waals surface area contributed by atoms with Gasteiger partial charge in [0.2, 0.25) is 0 Å². The zero-order valence-electron chi connectivity index (χ0n) is 11.5. The van der Waals surface area contributed by atoms with Crippen LogP contribution >= 0.6 is 15.9 Å². The third-order valence-corrected chi connectivity index (χ3v) is 5.08. The molecule has 104 valence electrons. The number of nitrogens with one attached hydrogen (secondary N) is 1. The average molecular weight is 323 g/mol. The van der Waals surface area contributed by atoms with Crippen LogP contribution in [0.4, 0.5) is 5.69 Å². The number of nitrogens with zero attached hydrogens (tertiary/aromatic N) is 1. The number of hydrogen-bond donors (Lipinski definition) is 1. The summed E-state index contributed by atoms with van der Waals surface area (Å²) in [5.74, 6) is 0.866. The summed E-state index contributed by atoms with van der Waals surface area (Å²) in [6.45, 7) is 4.81. The minimum absolute atomic E-state index is 0.866. The standard InChI is InChI=1S/C16H23BrN2/c17-15-12-14(11-13-5-7-18-8-6-13)3-4-16(15)19-9-1-2-10-19/h3-4,12-13,18H,1-2,5-11H2. The van der Waals surface area contributed by atoms with Crippen molar-refractivity contribution in [3.63, 3.8) is 0 Å². The van der Waals surface area contributed by atoms with Gasteiger partial charge < -0.3 is 10.2 Å². The molecule has 0 bridgehead atoms. The second-order valence-electron chi connectivity index (χ2n) is 5.88. The van der Waals surface area contributed by atoms with Gasteiger partial charge in [-0.3, -0.25) is 0 Å². The summed E-state index contributed by atoms with van der Waals surface area (Å²) < 4.78 is 1.28. The molecule has 2 aliphatic rings. The molecule has 2 aliphatic heterocycles. The van der Waals surface area contributed by atoms with Crippen LogP contribution in [-0.4, -0.2) is 26.2 Å². The van der Waals surface area contributed by atoms with Crippen molar-refractivity contribution in [2.75, 3.05) is 31.1 Å². The van der Waals surface area contributed by atoms with Gasteiger partial charge in [0.1, 0.15) is 0 Å². The van der Waals surface area contributed by atoms with Gasteiger partial charge in [0.25, 0.3) is 0 Å². The second kappa shape index (κ2) is 6.27. The molecule has 19 heavy (non-hydrogen) atoms. The molecule has 0 amide bonds. The first-order chi connectivity index (χ1) is 9.33. The smallest absolute Gasteiger partial charge is 0.0510 e. The minimum Gasteiger partial charge on any atom is -0.371 e. The highest BCUT2D eigenvalue weighted by atomic mass is 79.9. The predicted octanol–water partition coefficient (Wildman–Crippen LogP) is 3.59. The quantitative estimate of drug-likeness (QED) is 0.914. The van der Waals surface area contributed by atoms with E-state index in [4.69, 9.17) is 0 Å². The summed E-state index contributed by atoms with van der Waals surface area (Å²) in [6, 6.07) is 6.99. The van der Waals surface area contributed by atoms with Gasteiger partial charge in [-0.25, -0.2) is 0 Å². The Kier molecular flexibility index (Phi) is 4.44. The van der Waals surface area contributed by atoms with E-state index in [-0.39, 0.29) is 0 Å². The minimum atomic E-state index is 0.866. The van der Waals surface area contributed by atoms with E-state index in [0.717, 1.165) is 5.92 Å². The van der Waals surface area contributed by atoms with Crippen LogP contribution in [0.1, 0.15) is 31.2 Å². The normalized spacial score (nSPS) is 21.0. The molecule has 2 saturated heterocycles. The molecule has 2 nitrogen and oxygen atoms in total. The SMILES string of the molecule is Brc1cc(CC2CCNCC2)ccc1N1CCCC1. The van der Waals surface area contributed by atoms with Gasteiger partial charge in [0, 0.05) is 17.6 Å². The van der Waals surface area contributed by atoms with Crippen molar-refractivity contribution in [3.8, 4) is 0 Å². The maximum Gasteiger partial charge on any atom is 0.0510 e. The molecule has 1 aromatic carbocycles. The monoisotopic (exact) mass is 322 g/mol. The largest absolute Gasteiger partial charge is 0.371 e. The predicted molar refractivity (Wildman–Crippen MR) is 84.9 cm³/mol. The summed E-state index contributed by atoms with van der Waals surface area (Å²) in [7, 11) is 0.